The highest BCUT2D eigenvalue weighted by Gasteiger charge is 2.11. The van der Waals surface area contributed by atoms with E-state index in [1.807, 2.05) is 36.5 Å². The Labute approximate surface area is 160 Å². The summed E-state index contributed by atoms with van der Waals surface area (Å²) in [5.74, 6) is 0.0624. The van der Waals surface area contributed by atoms with E-state index in [4.69, 9.17) is 0 Å². The van der Waals surface area contributed by atoms with Crippen molar-refractivity contribution in [2.75, 3.05) is 0 Å². The summed E-state index contributed by atoms with van der Waals surface area (Å²) in [4.78, 5) is 16.7. The number of rotatable bonds is 4. The highest BCUT2D eigenvalue weighted by Crippen LogP contribution is 2.15. The molecule has 0 bridgehead atoms. The molecule has 3 nitrogen and oxygen atoms in total. The van der Waals surface area contributed by atoms with Crippen LogP contribution < -0.4 is 21.5 Å². The SMILES string of the molecule is Cc1ccc(-c2cc[n+](CC(=O)c3ccc(Br)cc3)cn2)cc1.[Br-]. The van der Waals surface area contributed by atoms with Crippen molar-refractivity contribution in [2.24, 2.45) is 0 Å². The van der Waals surface area contributed by atoms with Gasteiger partial charge in [-0.2, -0.15) is 0 Å². The van der Waals surface area contributed by atoms with Gasteiger partial charge in [-0.15, -0.1) is 0 Å². The maximum absolute atomic E-state index is 12.3. The van der Waals surface area contributed by atoms with Crippen LogP contribution >= 0.6 is 15.9 Å². The second-order valence-electron chi connectivity index (χ2n) is 5.41. The Morgan fingerprint density at radius 3 is 2.29 bits per heavy atom. The number of ketones is 1. The largest absolute Gasteiger partial charge is 1.00 e. The molecular formula is C19H16Br2N2O. The van der Waals surface area contributed by atoms with E-state index in [0.717, 1.165) is 15.7 Å². The van der Waals surface area contributed by atoms with E-state index < -0.39 is 0 Å². The lowest BCUT2D eigenvalue weighted by Crippen LogP contribution is -3.00. The summed E-state index contributed by atoms with van der Waals surface area (Å²) < 4.78 is 2.76. The smallest absolute Gasteiger partial charge is 0.287 e. The van der Waals surface area contributed by atoms with Gasteiger partial charge in [0.25, 0.3) is 6.33 Å². The van der Waals surface area contributed by atoms with Crippen LogP contribution in [0.15, 0.2) is 71.6 Å². The number of halogens is 2. The van der Waals surface area contributed by atoms with Crippen LogP contribution in [0.4, 0.5) is 0 Å². The molecule has 0 N–H and O–H groups in total. The lowest BCUT2D eigenvalue weighted by atomic mass is 10.1. The summed E-state index contributed by atoms with van der Waals surface area (Å²) in [5.41, 5.74) is 3.89. The number of carbonyl (C=O) groups is 1. The fourth-order valence-electron chi connectivity index (χ4n) is 2.27. The van der Waals surface area contributed by atoms with E-state index in [9.17, 15) is 4.79 Å². The number of benzene rings is 2. The molecule has 0 unspecified atom stereocenters. The van der Waals surface area contributed by atoms with Crippen LogP contribution in [0.2, 0.25) is 0 Å². The Morgan fingerprint density at radius 1 is 1.04 bits per heavy atom. The van der Waals surface area contributed by atoms with E-state index in [1.54, 1.807) is 10.9 Å². The number of Topliss-reactive ketones (excluding diaryl/α,β-unsaturated/α-hetero) is 1. The van der Waals surface area contributed by atoms with Crippen LogP contribution in [0.25, 0.3) is 11.3 Å². The molecule has 5 heteroatoms. The Bertz CT molecular complexity index is 813. The summed E-state index contributed by atoms with van der Waals surface area (Å²) >= 11 is 3.37. The van der Waals surface area contributed by atoms with Gasteiger partial charge in [-0.1, -0.05) is 57.9 Å². The standard InChI is InChI=1S/C19H16BrN2O.BrH/c1-14-2-4-15(5-3-14)18-10-11-22(13-21-18)12-19(23)16-6-8-17(20)9-7-16;/h2-11,13H,12H2,1H3;1H/q+1;/p-1. The predicted molar refractivity (Wildman–Crippen MR) is 93.1 cm³/mol. The van der Waals surface area contributed by atoms with Gasteiger partial charge in [-0.25, -0.2) is 4.57 Å². The van der Waals surface area contributed by atoms with Gasteiger partial charge in [0, 0.05) is 21.7 Å². The summed E-state index contributed by atoms with van der Waals surface area (Å²) in [7, 11) is 0. The van der Waals surface area contributed by atoms with Crippen molar-refractivity contribution >= 4 is 21.7 Å². The van der Waals surface area contributed by atoms with Gasteiger partial charge >= 0.3 is 0 Å². The number of hydrogen-bond acceptors (Lipinski definition) is 2. The second kappa shape index (κ2) is 8.31. The van der Waals surface area contributed by atoms with Gasteiger partial charge in [0.1, 0.15) is 0 Å². The van der Waals surface area contributed by atoms with Crippen molar-refractivity contribution in [3.8, 4) is 11.3 Å². The molecule has 0 aliphatic heterocycles. The Kier molecular flexibility index (Phi) is 6.40. The van der Waals surface area contributed by atoms with Gasteiger partial charge in [0.15, 0.2) is 12.2 Å². The minimum Gasteiger partial charge on any atom is -1.00 e. The van der Waals surface area contributed by atoms with Gasteiger partial charge in [0.2, 0.25) is 5.78 Å². The molecule has 0 fully saturated rings. The molecule has 2 aromatic carbocycles. The zero-order valence-corrected chi connectivity index (χ0v) is 16.3. The predicted octanol–water partition coefficient (Wildman–Crippen LogP) is 0.994. The molecule has 1 aromatic heterocycles. The van der Waals surface area contributed by atoms with Crippen LogP contribution in [0, 0.1) is 6.92 Å². The second-order valence-corrected chi connectivity index (χ2v) is 6.33. The first-order chi connectivity index (χ1) is 11.1. The van der Waals surface area contributed by atoms with Crippen LogP contribution in [0.5, 0.6) is 0 Å². The zero-order chi connectivity index (χ0) is 16.2. The number of aryl methyl sites for hydroxylation is 1. The maximum atomic E-state index is 12.3. The Balaban J connectivity index is 0.00000208. The first kappa shape index (κ1) is 18.5. The van der Waals surface area contributed by atoms with Crippen molar-refractivity contribution in [1.82, 2.24) is 4.98 Å². The monoisotopic (exact) mass is 446 g/mol. The molecular weight excluding hydrogens is 432 g/mol. The number of nitrogens with zero attached hydrogens (tertiary/aromatic N) is 2. The maximum Gasteiger partial charge on any atom is 0.287 e. The molecule has 0 saturated heterocycles. The fraction of sp³-hybridized carbons (Fsp3) is 0.105. The highest BCUT2D eigenvalue weighted by molar-refractivity contribution is 9.10. The summed E-state index contributed by atoms with van der Waals surface area (Å²) in [5, 5.41) is 0. The average Bonchev–Trinajstić information content (AvgIpc) is 2.57. The molecule has 0 aliphatic rings. The summed E-state index contributed by atoms with van der Waals surface area (Å²) in [6.45, 7) is 2.34. The third kappa shape index (κ3) is 4.58. The molecule has 0 spiro atoms. The van der Waals surface area contributed by atoms with Crippen molar-refractivity contribution < 1.29 is 26.3 Å². The third-order valence-electron chi connectivity index (χ3n) is 3.61. The Hall–Kier alpha value is -1.85. The number of hydrogen-bond donors (Lipinski definition) is 0. The molecule has 122 valence electrons. The minimum absolute atomic E-state index is 0. The first-order valence-electron chi connectivity index (χ1n) is 7.33. The molecule has 3 rings (SSSR count). The quantitative estimate of drug-likeness (QED) is 0.441. The van der Waals surface area contributed by atoms with Crippen molar-refractivity contribution in [3.63, 3.8) is 0 Å². The molecule has 1 heterocycles. The molecule has 3 aromatic rings. The zero-order valence-electron chi connectivity index (χ0n) is 13.1. The van der Waals surface area contributed by atoms with Gasteiger partial charge in [-0.3, -0.25) is 4.79 Å². The summed E-state index contributed by atoms with van der Waals surface area (Å²) in [6, 6.07) is 17.5. The van der Waals surface area contributed by atoms with E-state index in [2.05, 4.69) is 52.1 Å². The molecule has 24 heavy (non-hydrogen) atoms. The highest BCUT2D eigenvalue weighted by atomic mass is 79.9. The fourth-order valence-corrected chi connectivity index (χ4v) is 2.53. The third-order valence-corrected chi connectivity index (χ3v) is 4.14. The van der Waals surface area contributed by atoms with Crippen molar-refractivity contribution in [3.05, 3.63) is 82.7 Å². The average molecular weight is 448 g/mol. The molecule has 0 aliphatic carbocycles. The molecule has 0 radical (unpaired) electrons. The van der Waals surface area contributed by atoms with E-state index >= 15 is 0 Å². The summed E-state index contributed by atoms with van der Waals surface area (Å²) in [6.07, 6.45) is 3.59. The lowest BCUT2D eigenvalue weighted by molar-refractivity contribution is -0.686. The van der Waals surface area contributed by atoms with Gasteiger partial charge < -0.3 is 17.0 Å². The van der Waals surface area contributed by atoms with E-state index in [-0.39, 0.29) is 29.3 Å². The van der Waals surface area contributed by atoms with Crippen molar-refractivity contribution in [1.29, 1.82) is 0 Å². The molecule has 0 amide bonds. The van der Waals surface area contributed by atoms with Gasteiger partial charge in [0.05, 0.1) is 6.20 Å². The van der Waals surface area contributed by atoms with E-state index in [1.165, 1.54) is 5.56 Å². The van der Waals surface area contributed by atoms with Gasteiger partial charge in [-0.05, 0) is 24.0 Å². The van der Waals surface area contributed by atoms with E-state index in [0.29, 0.717) is 5.56 Å². The number of carbonyl (C=O) groups excluding carboxylic acids is 1. The van der Waals surface area contributed by atoms with Crippen LogP contribution in [0.3, 0.4) is 0 Å². The molecule has 0 saturated carbocycles. The van der Waals surface area contributed by atoms with Crippen molar-refractivity contribution in [2.45, 2.75) is 13.5 Å². The lowest BCUT2D eigenvalue weighted by Gasteiger charge is -2.01. The molecule has 0 atom stereocenters. The first-order valence-corrected chi connectivity index (χ1v) is 8.12. The normalized spacial score (nSPS) is 10.1. The van der Waals surface area contributed by atoms with Crippen LogP contribution in [-0.4, -0.2) is 10.8 Å². The minimum atomic E-state index is 0. The van der Waals surface area contributed by atoms with Crippen LogP contribution in [-0.2, 0) is 6.54 Å². The number of aromatic nitrogens is 2. The Morgan fingerprint density at radius 2 is 1.71 bits per heavy atom. The van der Waals surface area contributed by atoms with Crippen LogP contribution in [0.1, 0.15) is 15.9 Å². The topological polar surface area (TPSA) is 33.8 Å².